The van der Waals surface area contributed by atoms with Crippen molar-refractivity contribution in [3.8, 4) is 0 Å². The lowest BCUT2D eigenvalue weighted by atomic mass is 9.95. The first-order chi connectivity index (χ1) is 9.93. The molecule has 7 nitrogen and oxygen atoms in total. The fourth-order valence-electron chi connectivity index (χ4n) is 2.41. The van der Waals surface area contributed by atoms with Crippen molar-refractivity contribution in [1.82, 2.24) is 10.2 Å². The number of rotatable bonds is 4. The normalized spacial score (nSPS) is 22.1. The number of nitrogens with zero attached hydrogens (tertiary/aromatic N) is 1. The summed E-state index contributed by atoms with van der Waals surface area (Å²) < 4.78 is 10.5. The van der Waals surface area contributed by atoms with E-state index in [4.69, 9.17) is 14.3 Å². The van der Waals surface area contributed by atoms with Gasteiger partial charge in [0.15, 0.2) is 0 Å². The summed E-state index contributed by atoms with van der Waals surface area (Å²) in [5.41, 5.74) is -0.309. The number of carboxylic acids is 1. The van der Waals surface area contributed by atoms with Gasteiger partial charge in [-0.05, 0) is 31.9 Å². The molecule has 21 heavy (non-hydrogen) atoms. The van der Waals surface area contributed by atoms with Gasteiger partial charge < -0.3 is 24.5 Å². The third kappa shape index (κ3) is 3.75. The van der Waals surface area contributed by atoms with Gasteiger partial charge in [-0.1, -0.05) is 0 Å². The van der Waals surface area contributed by atoms with E-state index in [2.05, 4.69) is 5.32 Å². The standard InChI is InChI=1S/C14H20N2O5/c1-14(20-2)6-3-7-16(9-14)13(19)15-8-10-4-5-11(21-10)12(17)18/h4-5H,3,6-9H2,1-2H3,(H,15,19)(H,17,18). The summed E-state index contributed by atoms with van der Waals surface area (Å²) in [4.78, 5) is 24.5. The van der Waals surface area contributed by atoms with Gasteiger partial charge in [-0.3, -0.25) is 0 Å². The number of urea groups is 1. The minimum Gasteiger partial charge on any atom is -0.475 e. The number of aromatic carboxylic acids is 1. The summed E-state index contributed by atoms with van der Waals surface area (Å²) in [6.07, 6.45) is 1.81. The lowest BCUT2D eigenvalue weighted by molar-refractivity contribution is -0.0401. The van der Waals surface area contributed by atoms with Crippen molar-refractivity contribution in [1.29, 1.82) is 0 Å². The Labute approximate surface area is 122 Å². The Morgan fingerprint density at radius 1 is 1.52 bits per heavy atom. The summed E-state index contributed by atoms with van der Waals surface area (Å²) in [6, 6.07) is 2.71. The van der Waals surface area contributed by atoms with Crippen molar-refractivity contribution in [2.75, 3.05) is 20.2 Å². The van der Waals surface area contributed by atoms with Crippen LogP contribution < -0.4 is 5.32 Å². The highest BCUT2D eigenvalue weighted by molar-refractivity contribution is 5.84. The molecule has 2 rings (SSSR count). The average molecular weight is 296 g/mol. The van der Waals surface area contributed by atoms with Gasteiger partial charge in [-0.2, -0.15) is 0 Å². The molecule has 0 radical (unpaired) electrons. The molecule has 0 aromatic carbocycles. The van der Waals surface area contributed by atoms with Crippen molar-refractivity contribution in [3.63, 3.8) is 0 Å². The monoisotopic (exact) mass is 296 g/mol. The highest BCUT2D eigenvalue weighted by Gasteiger charge is 2.32. The molecule has 2 amide bonds. The Morgan fingerprint density at radius 3 is 2.90 bits per heavy atom. The molecular weight excluding hydrogens is 276 g/mol. The van der Waals surface area contributed by atoms with Crippen LogP contribution in [0.4, 0.5) is 4.79 Å². The zero-order valence-corrected chi connectivity index (χ0v) is 12.2. The topological polar surface area (TPSA) is 92.0 Å². The largest absolute Gasteiger partial charge is 0.475 e. The molecule has 1 unspecified atom stereocenters. The van der Waals surface area contributed by atoms with Crippen LogP contribution in [0.2, 0.25) is 0 Å². The number of nitrogens with one attached hydrogen (secondary N) is 1. The molecule has 0 aliphatic carbocycles. The molecule has 1 aliphatic rings. The first-order valence-corrected chi connectivity index (χ1v) is 6.83. The lowest BCUT2D eigenvalue weighted by Gasteiger charge is -2.39. The summed E-state index contributed by atoms with van der Waals surface area (Å²) >= 11 is 0. The van der Waals surface area contributed by atoms with Gasteiger partial charge in [-0.25, -0.2) is 9.59 Å². The maximum atomic E-state index is 12.1. The van der Waals surface area contributed by atoms with Gasteiger partial charge >= 0.3 is 12.0 Å². The van der Waals surface area contributed by atoms with E-state index in [9.17, 15) is 9.59 Å². The van der Waals surface area contributed by atoms with Crippen LogP contribution in [0.25, 0.3) is 0 Å². The zero-order valence-electron chi connectivity index (χ0n) is 12.2. The lowest BCUT2D eigenvalue weighted by Crippen LogP contribution is -2.52. The molecule has 1 atom stereocenters. The van der Waals surface area contributed by atoms with Gasteiger partial charge in [0.05, 0.1) is 18.7 Å². The van der Waals surface area contributed by atoms with E-state index < -0.39 is 5.97 Å². The molecule has 1 aromatic heterocycles. The van der Waals surface area contributed by atoms with E-state index in [-0.39, 0.29) is 23.9 Å². The minimum absolute atomic E-state index is 0.135. The number of ether oxygens (including phenoxy) is 1. The Morgan fingerprint density at radius 2 is 2.29 bits per heavy atom. The Kier molecular flexibility index (Phi) is 4.52. The Bertz CT molecular complexity index is 527. The molecule has 116 valence electrons. The number of carboxylic acid groups (broad SMARTS) is 1. The van der Waals surface area contributed by atoms with Crippen LogP contribution in [0.15, 0.2) is 16.5 Å². The van der Waals surface area contributed by atoms with Crippen molar-refractivity contribution in [2.45, 2.75) is 31.9 Å². The summed E-state index contributed by atoms with van der Waals surface area (Å²) in [7, 11) is 1.65. The van der Waals surface area contributed by atoms with Crippen LogP contribution in [-0.4, -0.2) is 47.8 Å². The van der Waals surface area contributed by atoms with Crippen LogP contribution in [0, 0.1) is 0 Å². The zero-order chi connectivity index (χ0) is 15.5. The van der Waals surface area contributed by atoms with Gasteiger partial charge in [0.2, 0.25) is 5.76 Å². The number of amides is 2. The summed E-state index contributed by atoms with van der Waals surface area (Å²) in [6.45, 7) is 3.36. The number of piperidine rings is 1. The van der Waals surface area contributed by atoms with Crippen LogP contribution in [0.5, 0.6) is 0 Å². The van der Waals surface area contributed by atoms with Crippen LogP contribution in [-0.2, 0) is 11.3 Å². The van der Waals surface area contributed by atoms with Crippen molar-refractivity contribution >= 4 is 12.0 Å². The van der Waals surface area contributed by atoms with Crippen molar-refractivity contribution in [2.24, 2.45) is 0 Å². The van der Waals surface area contributed by atoms with E-state index in [1.165, 1.54) is 6.07 Å². The van der Waals surface area contributed by atoms with E-state index in [0.717, 1.165) is 12.8 Å². The Hall–Kier alpha value is -2.02. The number of methoxy groups -OCH3 is 1. The number of likely N-dealkylation sites (tertiary alicyclic amines) is 1. The first kappa shape index (κ1) is 15.4. The van der Waals surface area contributed by atoms with E-state index in [0.29, 0.717) is 18.8 Å². The predicted octanol–water partition coefficient (Wildman–Crippen LogP) is 1.69. The van der Waals surface area contributed by atoms with Crippen LogP contribution >= 0.6 is 0 Å². The average Bonchev–Trinajstić information content (AvgIpc) is 2.94. The third-order valence-electron chi connectivity index (χ3n) is 3.73. The Balaban J connectivity index is 1.87. The highest BCUT2D eigenvalue weighted by Crippen LogP contribution is 2.23. The molecule has 1 aliphatic heterocycles. The second kappa shape index (κ2) is 6.17. The van der Waals surface area contributed by atoms with E-state index in [1.54, 1.807) is 18.1 Å². The maximum Gasteiger partial charge on any atom is 0.371 e. The van der Waals surface area contributed by atoms with E-state index in [1.807, 2.05) is 6.92 Å². The number of carbonyl (C=O) groups is 2. The van der Waals surface area contributed by atoms with Gasteiger partial charge in [0.1, 0.15) is 5.76 Å². The second-order valence-corrected chi connectivity index (χ2v) is 5.41. The minimum atomic E-state index is -1.13. The summed E-state index contributed by atoms with van der Waals surface area (Å²) in [5, 5.41) is 11.5. The molecule has 7 heteroatoms. The number of hydrogen-bond donors (Lipinski definition) is 2. The molecule has 0 bridgehead atoms. The molecule has 1 fully saturated rings. The smallest absolute Gasteiger partial charge is 0.371 e. The molecule has 2 heterocycles. The van der Waals surface area contributed by atoms with Crippen molar-refractivity contribution < 1.29 is 23.8 Å². The summed E-state index contributed by atoms with van der Waals surface area (Å²) in [5.74, 6) is -0.851. The van der Waals surface area contributed by atoms with Gasteiger partial charge in [0.25, 0.3) is 0 Å². The van der Waals surface area contributed by atoms with Crippen LogP contribution in [0.1, 0.15) is 36.1 Å². The predicted molar refractivity (Wildman–Crippen MR) is 74.1 cm³/mol. The molecule has 1 aromatic rings. The van der Waals surface area contributed by atoms with Gasteiger partial charge in [0, 0.05) is 13.7 Å². The highest BCUT2D eigenvalue weighted by atomic mass is 16.5. The van der Waals surface area contributed by atoms with Crippen molar-refractivity contribution in [3.05, 3.63) is 23.7 Å². The molecular formula is C14H20N2O5. The SMILES string of the molecule is COC1(C)CCCN(C(=O)NCc2ccc(C(=O)O)o2)C1. The molecule has 0 saturated carbocycles. The molecule has 2 N–H and O–H groups in total. The number of carbonyl (C=O) groups excluding carboxylic acids is 1. The fourth-order valence-corrected chi connectivity index (χ4v) is 2.41. The third-order valence-corrected chi connectivity index (χ3v) is 3.73. The maximum absolute atomic E-state index is 12.1. The molecule has 1 saturated heterocycles. The van der Waals surface area contributed by atoms with Gasteiger partial charge in [-0.15, -0.1) is 0 Å². The van der Waals surface area contributed by atoms with E-state index >= 15 is 0 Å². The number of hydrogen-bond acceptors (Lipinski definition) is 4. The number of furan rings is 1. The second-order valence-electron chi connectivity index (χ2n) is 5.41. The first-order valence-electron chi connectivity index (χ1n) is 6.83. The molecule has 0 spiro atoms. The van der Waals surface area contributed by atoms with Crippen LogP contribution in [0.3, 0.4) is 0 Å². The quantitative estimate of drug-likeness (QED) is 0.882. The fraction of sp³-hybridized carbons (Fsp3) is 0.571.